The normalized spacial score (nSPS) is 26.3. The second-order valence-electron chi connectivity index (χ2n) is 5.62. The van der Waals surface area contributed by atoms with Gasteiger partial charge in [0, 0.05) is 30.3 Å². The fourth-order valence-electron chi connectivity index (χ4n) is 3.24. The number of phenolic OH excluding ortho intramolecular Hbond substituents is 1. The molecule has 19 heavy (non-hydrogen) atoms. The Morgan fingerprint density at radius 3 is 3.05 bits per heavy atom. The van der Waals surface area contributed by atoms with E-state index >= 15 is 0 Å². The van der Waals surface area contributed by atoms with Crippen LogP contribution in [-0.2, 0) is 0 Å². The number of fused-ring (bicyclic) bond motifs is 1. The largest absolute Gasteiger partial charge is 0.508 e. The summed E-state index contributed by atoms with van der Waals surface area (Å²) in [5.41, 5.74) is 1.30. The van der Waals surface area contributed by atoms with Crippen molar-refractivity contribution >= 4 is 5.91 Å². The average Bonchev–Trinajstić information content (AvgIpc) is 2.85. The van der Waals surface area contributed by atoms with Crippen LogP contribution in [0.2, 0.25) is 0 Å². The minimum Gasteiger partial charge on any atom is -0.508 e. The van der Waals surface area contributed by atoms with Crippen LogP contribution in [0.25, 0.3) is 0 Å². The van der Waals surface area contributed by atoms with Crippen LogP contribution in [0.3, 0.4) is 0 Å². The molecule has 1 aromatic carbocycles. The Morgan fingerprint density at radius 1 is 1.42 bits per heavy atom. The number of carbonyl (C=O) groups excluding carboxylic acids is 1. The molecule has 2 fully saturated rings. The molecule has 0 unspecified atom stereocenters. The summed E-state index contributed by atoms with van der Waals surface area (Å²) in [4.78, 5) is 14.5. The van der Waals surface area contributed by atoms with Crippen LogP contribution in [0.1, 0.15) is 28.8 Å². The molecule has 0 aliphatic carbocycles. The van der Waals surface area contributed by atoms with Crippen molar-refractivity contribution in [2.45, 2.75) is 25.8 Å². The maximum Gasteiger partial charge on any atom is 0.254 e. The van der Waals surface area contributed by atoms with Gasteiger partial charge in [0.25, 0.3) is 5.91 Å². The summed E-state index contributed by atoms with van der Waals surface area (Å²) < 4.78 is 0. The fourth-order valence-corrected chi connectivity index (χ4v) is 3.24. The molecule has 2 N–H and O–H groups in total. The van der Waals surface area contributed by atoms with E-state index in [2.05, 4.69) is 5.32 Å². The van der Waals surface area contributed by atoms with Crippen molar-refractivity contribution in [3.8, 4) is 5.75 Å². The lowest BCUT2D eigenvalue weighted by atomic mass is 9.94. The molecule has 1 amide bonds. The van der Waals surface area contributed by atoms with Crippen LogP contribution in [-0.4, -0.2) is 41.6 Å². The number of hydrogen-bond acceptors (Lipinski definition) is 3. The molecule has 2 aliphatic rings. The van der Waals surface area contributed by atoms with Gasteiger partial charge in [-0.15, -0.1) is 0 Å². The van der Waals surface area contributed by atoms with E-state index in [9.17, 15) is 9.90 Å². The van der Waals surface area contributed by atoms with E-state index < -0.39 is 0 Å². The minimum atomic E-state index is 0.0459. The number of nitrogens with one attached hydrogen (secondary N) is 1. The monoisotopic (exact) mass is 260 g/mol. The summed E-state index contributed by atoms with van der Waals surface area (Å²) in [6.07, 6.45) is 2.41. The number of amides is 1. The van der Waals surface area contributed by atoms with Crippen LogP contribution in [0.5, 0.6) is 5.75 Å². The molecule has 2 atom stereocenters. The van der Waals surface area contributed by atoms with Crippen molar-refractivity contribution < 1.29 is 9.90 Å². The third-order valence-electron chi connectivity index (χ3n) is 4.42. The first-order chi connectivity index (χ1) is 9.16. The molecule has 1 aromatic rings. The van der Waals surface area contributed by atoms with Crippen LogP contribution in [0.15, 0.2) is 18.2 Å². The summed E-state index contributed by atoms with van der Waals surface area (Å²) in [7, 11) is 0. The number of carbonyl (C=O) groups is 1. The summed E-state index contributed by atoms with van der Waals surface area (Å²) in [6, 6.07) is 5.61. The highest BCUT2D eigenvalue weighted by atomic mass is 16.3. The number of rotatable bonds is 1. The van der Waals surface area contributed by atoms with Crippen LogP contribution < -0.4 is 5.32 Å². The van der Waals surface area contributed by atoms with E-state index in [4.69, 9.17) is 0 Å². The molecule has 2 aliphatic heterocycles. The lowest BCUT2D eigenvalue weighted by Crippen LogP contribution is -2.41. The Bertz CT molecular complexity index is 487. The van der Waals surface area contributed by atoms with Gasteiger partial charge >= 0.3 is 0 Å². The number of hydrogen-bond donors (Lipinski definition) is 2. The highest BCUT2D eigenvalue weighted by Gasteiger charge is 2.36. The Hall–Kier alpha value is -1.55. The Kier molecular flexibility index (Phi) is 3.19. The maximum absolute atomic E-state index is 12.6. The van der Waals surface area contributed by atoms with Crippen molar-refractivity contribution in [2.24, 2.45) is 5.92 Å². The molecule has 2 heterocycles. The SMILES string of the molecule is Cc1c(O)cccc1C(=O)N1C[C@@H]2CCCN[C@@H]2C1. The van der Waals surface area contributed by atoms with Gasteiger partial charge in [0.05, 0.1) is 0 Å². The van der Waals surface area contributed by atoms with E-state index in [0.717, 1.165) is 19.6 Å². The molecular weight excluding hydrogens is 240 g/mol. The minimum absolute atomic E-state index is 0.0459. The van der Waals surface area contributed by atoms with Gasteiger partial charge in [-0.1, -0.05) is 6.07 Å². The summed E-state index contributed by atoms with van der Waals surface area (Å²) in [6.45, 7) is 4.49. The molecule has 0 bridgehead atoms. The number of nitrogens with zero attached hydrogens (tertiary/aromatic N) is 1. The molecule has 102 valence electrons. The Balaban J connectivity index is 1.79. The first kappa shape index (κ1) is 12.5. The second-order valence-corrected chi connectivity index (χ2v) is 5.62. The summed E-state index contributed by atoms with van der Waals surface area (Å²) >= 11 is 0. The van der Waals surface area contributed by atoms with Gasteiger partial charge in [-0.25, -0.2) is 0 Å². The van der Waals surface area contributed by atoms with Crippen LogP contribution >= 0.6 is 0 Å². The molecule has 0 radical (unpaired) electrons. The molecule has 3 rings (SSSR count). The third kappa shape index (κ3) is 2.21. The van der Waals surface area contributed by atoms with Crippen molar-refractivity contribution in [1.29, 1.82) is 0 Å². The predicted octanol–water partition coefficient (Wildman–Crippen LogP) is 1.52. The van der Waals surface area contributed by atoms with E-state index in [1.807, 2.05) is 4.90 Å². The quantitative estimate of drug-likeness (QED) is 0.805. The molecule has 4 nitrogen and oxygen atoms in total. The van der Waals surface area contributed by atoms with E-state index in [1.165, 1.54) is 12.8 Å². The zero-order valence-corrected chi connectivity index (χ0v) is 11.2. The van der Waals surface area contributed by atoms with Gasteiger partial charge in [0.2, 0.25) is 0 Å². The number of phenols is 1. The smallest absolute Gasteiger partial charge is 0.254 e. The predicted molar refractivity (Wildman–Crippen MR) is 73.3 cm³/mol. The molecule has 0 aromatic heterocycles. The van der Waals surface area contributed by atoms with Gasteiger partial charge in [-0.3, -0.25) is 4.79 Å². The fraction of sp³-hybridized carbons (Fsp3) is 0.533. The first-order valence-electron chi connectivity index (χ1n) is 6.98. The molecule has 4 heteroatoms. The topological polar surface area (TPSA) is 52.6 Å². The number of likely N-dealkylation sites (tertiary alicyclic amines) is 1. The Morgan fingerprint density at radius 2 is 2.26 bits per heavy atom. The van der Waals surface area contributed by atoms with E-state index in [0.29, 0.717) is 23.1 Å². The van der Waals surface area contributed by atoms with E-state index in [-0.39, 0.29) is 11.7 Å². The van der Waals surface area contributed by atoms with Crippen molar-refractivity contribution in [2.75, 3.05) is 19.6 Å². The summed E-state index contributed by atoms with van der Waals surface area (Å²) in [5, 5.41) is 13.2. The summed E-state index contributed by atoms with van der Waals surface area (Å²) in [5.74, 6) is 0.834. The second kappa shape index (κ2) is 4.85. The average molecular weight is 260 g/mol. The number of piperidine rings is 1. The van der Waals surface area contributed by atoms with E-state index in [1.54, 1.807) is 25.1 Å². The molecule has 2 saturated heterocycles. The van der Waals surface area contributed by atoms with Gasteiger partial charge < -0.3 is 15.3 Å². The molecule has 0 saturated carbocycles. The van der Waals surface area contributed by atoms with Crippen LogP contribution in [0, 0.1) is 12.8 Å². The highest BCUT2D eigenvalue weighted by Crippen LogP contribution is 2.28. The Labute approximate surface area is 113 Å². The van der Waals surface area contributed by atoms with Gasteiger partial charge in [0.1, 0.15) is 5.75 Å². The lowest BCUT2D eigenvalue weighted by Gasteiger charge is -2.24. The number of benzene rings is 1. The van der Waals surface area contributed by atoms with Gasteiger partial charge in [-0.05, 0) is 44.4 Å². The molecular formula is C15H20N2O2. The zero-order chi connectivity index (χ0) is 13.4. The van der Waals surface area contributed by atoms with Crippen LogP contribution in [0.4, 0.5) is 0 Å². The highest BCUT2D eigenvalue weighted by molar-refractivity contribution is 5.96. The van der Waals surface area contributed by atoms with Crippen molar-refractivity contribution in [3.05, 3.63) is 29.3 Å². The maximum atomic E-state index is 12.6. The van der Waals surface area contributed by atoms with Crippen molar-refractivity contribution in [1.82, 2.24) is 10.2 Å². The third-order valence-corrected chi connectivity index (χ3v) is 4.42. The number of aromatic hydroxyl groups is 1. The zero-order valence-electron chi connectivity index (χ0n) is 11.2. The van der Waals surface area contributed by atoms with Crippen molar-refractivity contribution in [3.63, 3.8) is 0 Å². The molecule has 0 spiro atoms. The lowest BCUT2D eigenvalue weighted by molar-refractivity contribution is 0.0784. The van der Waals surface area contributed by atoms with Gasteiger partial charge in [-0.2, -0.15) is 0 Å². The standard InChI is InChI=1S/C15H20N2O2/c1-10-12(5-2-6-14(10)18)15(19)17-8-11-4-3-7-16-13(11)9-17/h2,5-6,11,13,16,18H,3-4,7-9H2,1H3/t11-,13+/m0/s1. The van der Waals surface area contributed by atoms with Gasteiger partial charge in [0.15, 0.2) is 0 Å². The first-order valence-corrected chi connectivity index (χ1v) is 6.98.